The Hall–Kier alpha value is -1.22. The zero-order valence-corrected chi connectivity index (χ0v) is 10.8. The Morgan fingerprint density at radius 2 is 2.24 bits per heavy atom. The van der Waals surface area contributed by atoms with E-state index in [4.69, 9.17) is 21.4 Å². The summed E-state index contributed by atoms with van der Waals surface area (Å²) in [6.07, 6.45) is 1.11. The lowest BCUT2D eigenvalue weighted by molar-refractivity contribution is -0.142. The Labute approximate surface area is 106 Å². The van der Waals surface area contributed by atoms with Crippen molar-refractivity contribution in [3.63, 3.8) is 0 Å². The molecule has 17 heavy (non-hydrogen) atoms. The largest absolute Gasteiger partial charge is 0.492 e. The molecule has 0 saturated heterocycles. The van der Waals surface area contributed by atoms with E-state index in [2.05, 4.69) is 0 Å². The van der Waals surface area contributed by atoms with Crippen LogP contribution in [0.3, 0.4) is 0 Å². The second-order valence-electron chi connectivity index (χ2n) is 4.01. The number of benzene rings is 1. The second kappa shape index (κ2) is 6.50. The van der Waals surface area contributed by atoms with E-state index in [9.17, 15) is 4.79 Å². The monoisotopic (exact) mass is 256 g/mol. The minimum atomic E-state index is -0.772. The van der Waals surface area contributed by atoms with Crippen LogP contribution in [-0.2, 0) is 4.79 Å². The summed E-state index contributed by atoms with van der Waals surface area (Å²) in [6, 6.07) is 5.53. The molecule has 0 aliphatic carbocycles. The lowest BCUT2D eigenvalue weighted by Crippen LogP contribution is -2.16. The van der Waals surface area contributed by atoms with Gasteiger partial charge in [-0.05, 0) is 37.5 Å². The summed E-state index contributed by atoms with van der Waals surface area (Å²) in [5.74, 6) is -0.503. The highest BCUT2D eigenvalue weighted by atomic mass is 35.5. The van der Waals surface area contributed by atoms with Gasteiger partial charge < -0.3 is 9.84 Å². The molecule has 0 amide bonds. The number of rotatable bonds is 6. The van der Waals surface area contributed by atoms with Gasteiger partial charge in [-0.1, -0.05) is 24.6 Å². The molecule has 0 aliphatic heterocycles. The predicted molar refractivity (Wildman–Crippen MR) is 67.7 cm³/mol. The zero-order chi connectivity index (χ0) is 12.8. The Morgan fingerprint density at radius 1 is 1.53 bits per heavy atom. The molecule has 3 nitrogen and oxygen atoms in total. The predicted octanol–water partition coefficient (Wildman–Crippen LogP) is 3.53. The van der Waals surface area contributed by atoms with Gasteiger partial charge in [-0.25, -0.2) is 0 Å². The molecule has 0 spiro atoms. The minimum Gasteiger partial charge on any atom is -0.492 e. The molecule has 0 aromatic heterocycles. The topological polar surface area (TPSA) is 46.5 Å². The van der Waals surface area contributed by atoms with Gasteiger partial charge in [0, 0.05) is 0 Å². The van der Waals surface area contributed by atoms with E-state index in [0.29, 0.717) is 30.2 Å². The quantitative estimate of drug-likeness (QED) is 0.847. The first-order chi connectivity index (χ1) is 8.04. The SMILES string of the molecule is CCC(CCOc1cc(C)ccc1Cl)C(=O)O. The molecule has 1 aromatic carbocycles. The summed E-state index contributed by atoms with van der Waals surface area (Å²) in [7, 11) is 0. The Balaban J connectivity index is 2.50. The van der Waals surface area contributed by atoms with E-state index in [1.165, 1.54) is 0 Å². The van der Waals surface area contributed by atoms with Crippen molar-refractivity contribution in [3.8, 4) is 5.75 Å². The van der Waals surface area contributed by atoms with Crippen LogP contribution in [0.1, 0.15) is 25.3 Å². The second-order valence-corrected chi connectivity index (χ2v) is 4.42. The van der Waals surface area contributed by atoms with E-state index >= 15 is 0 Å². The lowest BCUT2D eigenvalue weighted by atomic mass is 10.0. The fourth-order valence-corrected chi connectivity index (χ4v) is 1.71. The number of carboxylic acids is 1. The van der Waals surface area contributed by atoms with Crippen LogP contribution in [0.2, 0.25) is 5.02 Å². The average Bonchev–Trinajstić information content (AvgIpc) is 2.28. The number of halogens is 1. The molecule has 0 bridgehead atoms. The molecule has 1 aromatic rings. The number of hydrogen-bond acceptors (Lipinski definition) is 2. The molecule has 0 fully saturated rings. The number of carboxylic acid groups (broad SMARTS) is 1. The van der Waals surface area contributed by atoms with Gasteiger partial charge in [0.2, 0.25) is 0 Å². The number of carbonyl (C=O) groups is 1. The fraction of sp³-hybridized carbons (Fsp3) is 0.462. The first-order valence-corrected chi connectivity index (χ1v) is 6.04. The molecule has 1 rings (SSSR count). The van der Waals surface area contributed by atoms with Gasteiger partial charge in [0.25, 0.3) is 0 Å². The first kappa shape index (κ1) is 13.8. The van der Waals surface area contributed by atoms with Gasteiger partial charge in [0.15, 0.2) is 0 Å². The first-order valence-electron chi connectivity index (χ1n) is 5.66. The van der Waals surface area contributed by atoms with Crippen molar-refractivity contribution < 1.29 is 14.6 Å². The van der Waals surface area contributed by atoms with Gasteiger partial charge in [0.1, 0.15) is 5.75 Å². The van der Waals surface area contributed by atoms with E-state index < -0.39 is 5.97 Å². The molecule has 1 atom stereocenters. The molecule has 4 heteroatoms. The standard InChI is InChI=1S/C13H17ClO3/c1-3-10(13(15)16)6-7-17-12-8-9(2)4-5-11(12)14/h4-5,8,10H,3,6-7H2,1-2H3,(H,15,16). The molecule has 1 N–H and O–H groups in total. The van der Waals surface area contributed by atoms with Crippen LogP contribution in [0.15, 0.2) is 18.2 Å². The maximum atomic E-state index is 10.8. The molecule has 0 saturated carbocycles. The van der Waals surface area contributed by atoms with Gasteiger partial charge in [-0.3, -0.25) is 4.79 Å². The Kier molecular flexibility index (Phi) is 5.29. The summed E-state index contributed by atoms with van der Waals surface area (Å²) in [5, 5.41) is 9.44. The van der Waals surface area contributed by atoms with E-state index in [1.54, 1.807) is 6.07 Å². The van der Waals surface area contributed by atoms with Crippen molar-refractivity contribution in [3.05, 3.63) is 28.8 Å². The van der Waals surface area contributed by atoms with Crippen molar-refractivity contribution in [2.24, 2.45) is 5.92 Å². The molecule has 0 radical (unpaired) electrons. The smallest absolute Gasteiger partial charge is 0.306 e. The van der Waals surface area contributed by atoms with Crippen LogP contribution in [0.25, 0.3) is 0 Å². The van der Waals surface area contributed by atoms with Crippen molar-refractivity contribution in [1.82, 2.24) is 0 Å². The highest BCUT2D eigenvalue weighted by Gasteiger charge is 2.14. The van der Waals surface area contributed by atoms with E-state index in [1.807, 2.05) is 26.0 Å². The normalized spacial score (nSPS) is 12.2. The Morgan fingerprint density at radius 3 is 2.82 bits per heavy atom. The fourth-order valence-electron chi connectivity index (χ4n) is 1.53. The Bertz CT molecular complexity index is 390. The van der Waals surface area contributed by atoms with Crippen LogP contribution in [0.5, 0.6) is 5.75 Å². The third kappa shape index (κ3) is 4.27. The summed E-state index contributed by atoms with van der Waals surface area (Å²) in [5.41, 5.74) is 1.06. The van der Waals surface area contributed by atoms with Gasteiger partial charge >= 0.3 is 5.97 Å². The number of aliphatic carboxylic acids is 1. The van der Waals surface area contributed by atoms with Gasteiger partial charge in [0.05, 0.1) is 17.5 Å². The third-order valence-corrected chi connectivity index (χ3v) is 2.96. The lowest BCUT2D eigenvalue weighted by Gasteiger charge is -2.12. The number of hydrogen-bond donors (Lipinski definition) is 1. The zero-order valence-electron chi connectivity index (χ0n) is 10.1. The van der Waals surface area contributed by atoms with Crippen molar-refractivity contribution in [2.45, 2.75) is 26.7 Å². The van der Waals surface area contributed by atoms with Gasteiger partial charge in [-0.15, -0.1) is 0 Å². The molecular formula is C13H17ClO3. The van der Waals surface area contributed by atoms with Crippen LogP contribution >= 0.6 is 11.6 Å². The third-order valence-electron chi connectivity index (χ3n) is 2.65. The van der Waals surface area contributed by atoms with E-state index in [-0.39, 0.29) is 5.92 Å². The highest BCUT2D eigenvalue weighted by molar-refractivity contribution is 6.32. The molecule has 1 unspecified atom stereocenters. The molecule has 94 valence electrons. The number of ether oxygens (including phenoxy) is 1. The van der Waals surface area contributed by atoms with Crippen molar-refractivity contribution >= 4 is 17.6 Å². The maximum absolute atomic E-state index is 10.8. The van der Waals surface area contributed by atoms with Gasteiger partial charge in [-0.2, -0.15) is 0 Å². The van der Waals surface area contributed by atoms with Crippen molar-refractivity contribution in [2.75, 3.05) is 6.61 Å². The van der Waals surface area contributed by atoms with Crippen LogP contribution in [0.4, 0.5) is 0 Å². The van der Waals surface area contributed by atoms with Crippen LogP contribution < -0.4 is 4.74 Å². The van der Waals surface area contributed by atoms with Crippen molar-refractivity contribution in [1.29, 1.82) is 0 Å². The highest BCUT2D eigenvalue weighted by Crippen LogP contribution is 2.25. The van der Waals surface area contributed by atoms with Crippen LogP contribution in [-0.4, -0.2) is 17.7 Å². The summed E-state index contributed by atoms with van der Waals surface area (Å²) >= 11 is 5.97. The minimum absolute atomic E-state index is 0.349. The molecule has 0 heterocycles. The summed E-state index contributed by atoms with van der Waals surface area (Å²) in [4.78, 5) is 10.8. The average molecular weight is 257 g/mol. The summed E-state index contributed by atoms with van der Waals surface area (Å²) in [6.45, 7) is 4.18. The van der Waals surface area contributed by atoms with Crippen LogP contribution in [0, 0.1) is 12.8 Å². The van der Waals surface area contributed by atoms with E-state index in [0.717, 1.165) is 5.56 Å². The number of aryl methyl sites for hydroxylation is 1. The summed E-state index contributed by atoms with van der Waals surface area (Å²) < 4.78 is 5.50. The molecular weight excluding hydrogens is 240 g/mol. The maximum Gasteiger partial charge on any atom is 0.306 e. The molecule has 0 aliphatic rings.